The number of aryl methyl sites for hydroxylation is 1. The van der Waals surface area contributed by atoms with E-state index in [4.69, 9.17) is 5.11 Å². The van der Waals surface area contributed by atoms with Crippen molar-refractivity contribution in [2.75, 3.05) is 0 Å². The summed E-state index contributed by atoms with van der Waals surface area (Å²) in [5, 5.41) is 9.76. The topological polar surface area (TPSA) is 55.1 Å². The molecule has 0 unspecified atom stereocenters. The van der Waals surface area contributed by atoms with Crippen LogP contribution < -0.4 is 5.56 Å². The van der Waals surface area contributed by atoms with Gasteiger partial charge in [-0.3, -0.25) is 4.79 Å². The van der Waals surface area contributed by atoms with Gasteiger partial charge in [0.25, 0.3) is 5.56 Å². The standard InChI is InChI=1S/C11H12N2O2S/c1-8-3-2-4-11(15)13(8)6-10-12-5-9(7-14)16-10/h2-5,14H,6-7H2,1H3. The molecule has 0 radical (unpaired) electrons. The monoisotopic (exact) mass is 236 g/mol. The predicted molar refractivity (Wildman–Crippen MR) is 62.6 cm³/mol. The first-order chi connectivity index (χ1) is 7.70. The molecular formula is C11H12N2O2S. The van der Waals surface area contributed by atoms with Gasteiger partial charge in [0.15, 0.2) is 0 Å². The van der Waals surface area contributed by atoms with Crippen molar-refractivity contribution >= 4 is 11.3 Å². The third-order valence-electron chi connectivity index (χ3n) is 2.32. The number of aliphatic hydroxyl groups is 1. The van der Waals surface area contributed by atoms with Gasteiger partial charge in [-0.15, -0.1) is 11.3 Å². The van der Waals surface area contributed by atoms with Crippen LogP contribution in [0, 0.1) is 6.92 Å². The molecule has 0 fully saturated rings. The van der Waals surface area contributed by atoms with E-state index in [1.165, 1.54) is 17.4 Å². The molecule has 0 aliphatic carbocycles. The maximum Gasteiger partial charge on any atom is 0.251 e. The summed E-state index contributed by atoms with van der Waals surface area (Å²) >= 11 is 1.42. The zero-order valence-corrected chi connectivity index (χ0v) is 9.70. The van der Waals surface area contributed by atoms with Crippen molar-refractivity contribution in [2.24, 2.45) is 0 Å². The van der Waals surface area contributed by atoms with Gasteiger partial charge in [-0.1, -0.05) is 6.07 Å². The van der Waals surface area contributed by atoms with Crippen LogP contribution in [0.3, 0.4) is 0 Å². The molecule has 0 aliphatic rings. The van der Waals surface area contributed by atoms with Gasteiger partial charge < -0.3 is 9.67 Å². The third kappa shape index (κ3) is 2.20. The summed E-state index contributed by atoms with van der Waals surface area (Å²) < 4.78 is 1.67. The molecule has 0 saturated heterocycles. The molecule has 84 valence electrons. The highest BCUT2D eigenvalue weighted by Gasteiger charge is 2.04. The SMILES string of the molecule is Cc1cccc(=O)n1Cc1ncc(CO)s1. The Hall–Kier alpha value is -1.46. The van der Waals surface area contributed by atoms with Crippen molar-refractivity contribution < 1.29 is 5.11 Å². The average molecular weight is 236 g/mol. The fourth-order valence-electron chi connectivity index (χ4n) is 1.46. The van der Waals surface area contributed by atoms with Gasteiger partial charge in [0.2, 0.25) is 0 Å². The first-order valence-electron chi connectivity index (χ1n) is 4.91. The normalized spacial score (nSPS) is 10.6. The number of pyridine rings is 1. The molecule has 0 aliphatic heterocycles. The quantitative estimate of drug-likeness (QED) is 0.870. The summed E-state index contributed by atoms with van der Waals surface area (Å²) in [6.07, 6.45) is 1.64. The first kappa shape index (κ1) is 11.0. The Morgan fingerprint density at radius 2 is 2.31 bits per heavy atom. The van der Waals surface area contributed by atoms with E-state index in [0.717, 1.165) is 15.6 Å². The highest BCUT2D eigenvalue weighted by Crippen LogP contribution is 2.13. The molecule has 0 bridgehead atoms. The largest absolute Gasteiger partial charge is 0.391 e. The van der Waals surface area contributed by atoms with Crippen LogP contribution in [0.15, 0.2) is 29.2 Å². The Morgan fingerprint density at radius 1 is 1.50 bits per heavy atom. The Morgan fingerprint density at radius 3 is 2.94 bits per heavy atom. The van der Waals surface area contributed by atoms with Gasteiger partial charge in [0, 0.05) is 18.0 Å². The van der Waals surface area contributed by atoms with Crippen molar-refractivity contribution in [3.05, 3.63) is 50.3 Å². The van der Waals surface area contributed by atoms with Crippen LogP contribution in [0.25, 0.3) is 0 Å². The van der Waals surface area contributed by atoms with E-state index < -0.39 is 0 Å². The highest BCUT2D eigenvalue weighted by atomic mass is 32.1. The summed E-state index contributed by atoms with van der Waals surface area (Å²) in [5.74, 6) is 0. The molecular weight excluding hydrogens is 224 g/mol. The molecule has 0 atom stereocenters. The van der Waals surface area contributed by atoms with E-state index in [2.05, 4.69) is 4.98 Å². The van der Waals surface area contributed by atoms with Crippen molar-refractivity contribution in [3.8, 4) is 0 Å². The Bertz CT molecular complexity index is 545. The summed E-state index contributed by atoms with van der Waals surface area (Å²) in [7, 11) is 0. The second-order valence-electron chi connectivity index (χ2n) is 3.47. The number of nitrogens with zero attached hydrogens (tertiary/aromatic N) is 2. The molecule has 16 heavy (non-hydrogen) atoms. The van der Waals surface area contributed by atoms with Crippen molar-refractivity contribution in [2.45, 2.75) is 20.1 Å². The van der Waals surface area contributed by atoms with E-state index in [0.29, 0.717) is 6.54 Å². The second-order valence-corrected chi connectivity index (χ2v) is 4.67. The lowest BCUT2D eigenvalue weighted by molar-refractivity contribution is 0.285. The van der Waals surface area contributed by atoms with E-state index in [9.17, 15) is 4.79 Å². The smallest absolute Gasteiger partial charge is 0.251 e. The van der Waals surface area contributed by atoms with Gasteiger partial charge >= 0.3 is 0 Å². The van der Waals surface area contributed by atoms with Crippen molar-refractivity contribution in [1.82, 2.24) is 9.55 Å². The van der Waals surface area contributed by atoms with E-state index in [1.807, 2.05) is 13.0 Å². The van der Waals surface area contributed by atoms with Crippen LogP contribution in [-0.4, -0.2) is 14.7 Å². The minimum Gasteiger partial charge on any atom is -0.391 e. The predicted octanol–water partition coefficient (Wildman–Crippen LogP) is 1.15. The van der Waals surface area contributed by atoms with Crippen LogP contribution in [0.1, 0.15) is 15.6 Å². The lowest BCUT2D eigenvalue weighted by Crippen LogP contribution is -2.21. The zero-order valence-electron chi connectivity index (χ0n) is 8.88. The van der Waals surface area contributed by atoms with Crippen LogP contribution >= 0.6 is 11.3 Å². The van der Waals surface area contributed by atoms with E-state index in [-0.39, 0.29) is 12.2 Å². The number of hydrogen-bond donors (Lipinski definition) is 1. The Balaban J connectivity index is 2.30. The lowest BCUT2D eigenvalue weighted by atomic mass is 10.3. The molecule has 2 aromatic heterocycles. The third-order valence-corrected chi connectivity index (χ3v) is 3.29. The van der Waals surface area contributed by atoms with Gasteiger partial charge in [-0.05, 0) is 13.0 Å². The summed E-state index contributed by atoms with van der Waals surface area (Å²) in [5.41, 5.74) is 0.883. The number of hydrogen-bond acceptors (Lipinski definition) is 4. The molecule has 0 aromatic carbocycles. The average Bonchev–Trinajstić information content (AvgIpc) is 2.71. The summed E-state index contributed by atoms with van der Waals surface area (Å²) in [4.78, 5) is 16.6. The van der Waals surface area contributed by atoms with Crippen molar-refractivity contribution in [1.29, 1.82) is 0 Å². The Kier molecular flexibility index (Phi) is 3.17. The first-order valence-corrected chi connectivity index (χ1v) is 5.73. The number of thiazole rings is 1. The zero-order chi connectivity index (χ0) is 11.5. The fraction of sp³-hybridized carbons (Fsp3) is 0.273. The highest BCUT2D eigenvalue weighted by molar-refractivity contribution is 7.11. The molecule has 2 aromatic rings. The molecule has 0 amide bonds. The van der Waals surface area contributed by atoms with Crippen LogP contribution in [-0.2, 0) is 13.2 Å². The molecule has 1 N–H and O–H groups in total. The maximum atomic E-state index is 11.6. The van der Waals surface area contributed by atoms with Crippen molar-refractivity contribution in [3.63, 3.8) is 0 Å². The van der Waals surface area contributed by atoms with Crippen LogP contribution in [0.4, 0.5) is 0 Å². The minimum absolute atomic E-state index is 0.000335. The minimum atomic E-state index is -0.0271. The van der Waals surface area contributed by atoms with Gasteiger partial charge in [-0.25, -0.2) is 4.98 Å². The van der Waals surface area contributed by atoms with Crippen LogP contribution in [0.2, 0.25) is 0 Å². The number of aromatic nitrogens is 2. The summed E-state index contributed by atoms with van der Waals surface area (Å²) in [6, 6.07) is 5.17. The lowest BCUT2D eigenvalue weighted by Gasteiger charge is -2.06. The number of aliphatic hydroxyl groups excluding tert-OH is 1. The molecule has 5 heteroatoms. The number of rotatable bonds is 3. The maximum absolute atomic E-state index is 11.6. The molecule has 0 saturated carbocycles. The Labute approximate surface area is 96.8 Å². The molecule has 2 heterocycles. The fourth-order valence-corrected chi connectivity index (χ4v) is 2.23. The van der Waals surface area contributed by atoms with Crippen LogP contribution in [0.5, 0.6) is 0 Å². The van der Waals surface area contributed by atoms with Gasteiger partial charge in [0.05, 0.1) is 18.0 Å². The second kappa shape index (κ2) is 4.59. The molecule has 0 spiro atoms. The van der Waals surface area contributed by atoms with E-state index >= 15 is 0 Å². The van der Waals surface area contributed by atoms with E-state index in [1.54, 1.807) is 16.8 Å². The summed E-state index contributed by atoms with van der Waals surface area (Å²) in [6.45, 7) is 2.36. The molecule has 2 rings (SSSR count). The molecule has 4 nitrogen and oxygen atoms in total. The van der Waals surface area contributed by atoms with Gasteiger partial charge in [-0.2, -0.15) is 0 Å². The van der Waals surface area contributed by atoms with Gasteiger partial charge in [0.1, 0.15) is 5.01 Å².